The quantitative estimate of drug-likeness (QED) is 0.786. The predicted octanol–water partition coefficient (Wildman–Crippen LogP) is 3.62. The highest BCUT2D eigenvalue weighted by atomic mass is 15.2. The third-order valence-electron chi connectivity index (χ3n) is 3.24. The molecule has 0 aromatic carbocycles. The minimum absolute atomic E-state index is 0.650. The maximum atomic E-state index is 4.82. The number of nitrogens with one attached hydrogen (secondary N) is 1. The molecule has 1 aromatic heterocycles. The van der Waals surface area contributed by atoms with E-state index in [2.05, 4.69) is 63.9 Å². The van der Waals surface area contributed by atoms with Crippen molar-refractivity contribution in [1.82, 2.24) is 10.3 Å². The Labute approximate surface area is 124 Å². The molecule has 0 aliphatic carbocycles. The lowest BCUT2D eigenvalue weighted by Gasteiger charge is -2.28. The molecule has 0 aliphatic rings. The SMILES string of the molecule is CCNCc1ccc(N(CC(C)C)CC(C)C)nc1C. The second kappa shape index (κ2) is 8.25. The topological polar surface area (TPSA) is 28.2 Å². The number of rotatable bonds is 8. The molecule has 1 aromatic rings. The first-order valence-electron chi connectivity index (χ1n) is 7.86. The molecule has 3 heteroatoms. The van der Waals surface area contributed by atoms with Crippen LogP contribution in [0, 0.1) is 18.8 Å². The molecule has 1 N–H and O–H groups in total. The van der Waals surface area contributed by atoms with Gasteiger partial charge in [-0.3, -0.25) is 0 Å². The fourth-order valence-electron chi connectivity index (χ4n) is 2.34. The van der Waals surface area contributed by atoms with E-state index in [1.807, 2.05) is 0 Å². The molecule has 0 fully saturated rings. The maximum absolute atomic E-state index is 4.82. The lowest BCUT2D eigenvalue weighted by atomic mass is 10.1. The van der Waals surface area contributed by atoms with Gasteiger partial charge in [-0.1, -0.05) is 40.7 Å². The second-order valence-electron chi connectivity index (χ2n) is 6.39. The summed E-state index contributed by atoms with van der Waals surface area (Å²) in [4.78, 5) is 7.23. The Hall–Kier alpha value is -1.09. The number of anilines is 1. The first kappa shape index (κ1) is 17.0. The first-order chi connectivity index (χ1) is 9.43. The zero-order valence-electron chi connectivity index (χ0n) is 14.0. The number of nitrogens with zero attached hydrogens (tertiary/aromatic N) is 2. The van der Waals surface area contributed by atoms with Crippen LogP contribution in [-0.4, -0.2) is 24.6 Å². The molecule has 3 nitrogen and oxygen atoms in total. The van der Waals surface area contributed by atoms with Gasteiger partial charge in [0.05, 0.1) is 0 Å². The highest BCUT2D eigenvalue weighted by Gasteiger charge is 2.12. The van der Waals surface area contributed by atoms with Crippen molar-refractivity contribution in [2.75, 3.05) is 24.5 Å². The lowest BCUT2D eigenvalue weighted by Crippen LogP contribution is -2.32. The minimum Gasteiger partial charge on any atom is -0.356 e. The predicted molar refractivity (Wildman–Crippen MR) is 88.2 cm³/mol. The van der Waals surface area contributed by atoms with Gasteiger partial charge in [0.15, 0.2) is 0 Å². The van der Waals surface area contributed by atoms with Crippen LogP contribution >= 0.6 is 0 Å². The molecule has 1 rings (SSSR count). The van der Waals surface area contributed by atoms with Gasteiger partial charge in [0.2, 0.25) is 0 Å². The number of aryl methyl sites for hydroxylation is 1. The summed E-state index contributed by atoms with van der Waals surface area (Å²) in [5, 5.41) is 3.36. The molecular weight excluding hydrogens is 246 g/mol. The fraction of sp³-hybridized carbons (Fsp3) is 0.706. The second-order valence-corrected chi connectivity index (χ2v) is 6.39. The van der Waals surface area contributed by atoms with E-state index in [1.54, 1.807) is 0 Å². The molecule has 0 saturated heterocycles. The van der Waals surface area contributed by atoms with Crippen molar-refractivity contribution in [2.45, 2.75) is 48.1 Å². The van der Waals surface area contributed by atoms with Crippen LogP contribution in [0.1, 0.15) is 45.9 Å². The van der Waals surface area contributed by atoms with E-state index < -0.39 is 0 Å². The molecule has 0 bridgehead atoms. The van der Waals surface area contributed by atoms with Gasteiger partial charge in [-0.05, 0) is 36.9 Å². The van der Waals surface area contributed by atoms with Gasteiger partial charge in [0.1, 0.15) is 5.82 Å². The average molecular weight is 277 g/mol. The Morgan fingerprint density at radius 2 is 1.70 bits per heavy atom. The first-order valence-corrected chi connectivity index (χ1v) is 7.86. The largest absolute Gasteiger partial charge is 0.356 e. The molecular formula is C17H31N3. The smallest absolute Gasteiger partial charge is 0.128 e. The molecule has 20 heavy (non-hydrogen) atoms. The van der Waals surface area contributed by atoms with Crippen molar-refractivity contribution in [2.24, 2.45) is 11.8 Å². The van der Waals surface area contributed by atoms with Crippen LogP contribution in [0.3, 0.4) is 0 Å². The average Bonchev–Trinajstić information content (AvgIpc) is 2.35. The third-order valence-corrected chi connectivity index (χ3v) is 3.24. The normalized spacial score (nSPS) is 11.4. The Morgan fingerprint density at radius 1 is 1.10 bits per heavy atom. The number of hydrogen-bond acceptors (Lipinski definition) is 3. The van der Waals surface area contributed by atoms with Gasteiger partial charge in [-0.2, -0.15) is 0 Å². The Bertz CT molecular complexity index is 389. The summed E-state index contributed by atoms with van der Waals surface area (Å²) < 4.78 is 0. The van der Waals surface area contributed by atoms with E-state index in [0.29, 0.717) is 11.8 Å². The van der Waals surface area contributed by atoms with Gasteiger partial charge in [-0.25, -0.2) is 4.98 Å². The molecule has 0 saturated carbocycles. The van der Waals surface area contributed by atoms with Crippen molar-refractivity contribution >= 4 is 5.82 Å². The zero-order valence-corrected chi connectivity index (χ0v) is 14.0. The Balaban J connectivity index is 2.87. The maximum Gasteiger partial charge on any atom is 0.128 e. The van der Waals surface area contributed by atoms with E-state index in [4.69, 9.17) is 4.98 Å². The van der Waals surface area contributed by atoms with Crippen LogP contribution in [0.25, 0.3) is 0 Å². The Kier molecular flexibility index (Phi) is 7.00. The molecule has 0 atom stereocenters. The molecule has 0 spiro atoms. The van der Waals surface area contributed by atoms with Crippen molar-refractivity contribution in [3.8, 4) is 0 Å². The molecule has 0 amide bonds. The minimum atomic E-state index is 0.650. The van der Waals surface area contributed by atoms with Gasteiger partial charge in [0, 0.05) is 25.3 Å². The lowest BCUT2D eigenvalue weighted by molar-refractivity contribution is 0.548. The molecule has 0 aliphatic heterocycles. The van der Waals surface area contributed by atoms with E-state index in [0.717, 1.165) is 37.7 Å². The Morgan fingerprint density at radius 3 is 2.15 bits per heavy atom. The monoisotopic (exact) mass is 277 g/mol. The van der Waals surface area contributed by atoms with Crippen LogP contribution < -0.4 is 10.2 Å². The van der Waals surface area contributed by atoms with Crippen molar-refractivity contribution in [3.05, 3.63) is 23.4 Å². The number of aromatic nitrogens is 1. The zero-order chi connectivity index (χ0) is 15.1. The molecule has 0 radical (unpaired) electrons. The van der Waals surface area contributed by atoms with E-state index in [9.17, 15) is 0 Å². The summed E-state index contributed by atoms with van der Waals surface area (Å²) in [5.41, 5.74) is 2.44. The van der Waals surface area contributed by atoms with Crippen molar-refractivity contribution in [3.63, 3.8) is 0 Å². The van der Waals surface area contributed by atoms with Crippen LogP contribution in [-0.2, 0) is 6.54 Å². The molecule has 0 unspecified atom stereocenters. The van der Waals surface area contributed by atoms with Crippen LogP contribution in [0.15, 0.2) is 12.1 Å². The van der Waals surface area contributed by atoms with Crippen LogP contribution in [0.5, 0.6) is 0 Å². The third kappa shape index (κ3) is 5.49. The standard InChI is InChI=1S/C17H31N3/c1-7-18-10-16-8-9-17(19-15(16)6)20(11-13(2)3)12-14(4)5/h8-9,13-14,18H,7,10-12H2,1-6H3. The summed E-state index contributed by atoms with van der Waals surface area (Å²) in [6.45, 7) is 17.3. The van der Waals surface area contributed by atoms with Gasteiger partial charge in [-0.15, -0.1) is 0 Å². The van der Waals surface area contributed by atoms with E-state index in [-0.39, 0.29) is 0 Å². The number of hydrogen-bond donors (Lipinski definition) is 1. The van der Waals surface area contributed by atoms with Gasteiger partial charge in [0.25, 0.3) is 0 Å². The van der Waals surface area contributed by atoms with Crippen LogP contribution in [0.4, 0.5) is 5.82 Å². The van der Waals surface area contributed by atoms with Crippen molar-refractivity contribution < 1.29 is 0 Å². The molecule has 114 valence electrons. The highest BCUT2D eigenvalue weighted by Crippen LogP contribution is 2.18. The van der Waals surface area contributed by atoms with Gasteiger partial charge >= 0.3 is 0 Å². The van der Waals surface area contributed by atoms with Crippen molar-refractivity contribution in [1.29, 1.82) is 0 Å². The van der Waals surface area contributed by atoms with E-state index in [1.165, 1.54) is 5.56 Å². The van der Waals surface area contributed by atoms with E-state index >= 15 is 0 Å². The summed E-state index contributed by atoms with van der Waals surface area (Å²) in [6, 6.07) is 4.39. The summed E-state index contributed by atoms with van der Waals surface area (Å²) in [6.07, 6.45) is 0. The fourth-order valence-corrected chi connectivity index (χ4v) is 2.34. The summed E-state index contributed by atoms with van der Waals surface area (Å²) in [5.74, 6) is 2.42. The van der Waals surface area contributed by atoms with Crippen LogP contribution in [0.2, 0.25) is 0 Å². The highest BCUT2D eigenvalue weighted by molar-refractivity contribution is 5.41. The number of pyridine rings is 1. The summed E-state index contributed by atoms with van der Waals surface area (Å²) in [7, 11) is 0. The molecule has 1 heterocycles. The summed E-state index contributed by atoms with van der Waals surface area (Å²) >= 11 is 0. The van der Waals surface area contributed by atoms with Gasteiger partial charge < -0.3 is 10.2 Å².